The van der Waals surface area contributed by atoms with E-state index < -0.39 is 12.3 Å². The van der Waals surface area contributed by atoms with Crippen molar-refractivity contribution in [3.63, 3.8) is 0 Å². The van der Waals surface area contributed by atoms with Gasteiger partial charge in [0.05, 0.1) is 6.26 Å². The minimum Gasteiger partial charge on any atom is -0.502 e. The summed E-state index contributed by atoms with van der Waals surface area (Å²) >= 11 is 0. The first-order valence-corrected chi connectivity index (χ1v) is 8.82. The van der Waals surface area contributed by atoms with E-state index in [-0.39, 0.29) is 41.4 Å². The summed E-state index contributed by atoms with van der Waals surface area (Å²) in [6.07, 6.45) is -1.77. The third kappa shape index (κ3) is 4.86. The van der Waals surface area contributed by atoms with Crippen molar-refractivity contribution in [1.82, 2.24) is 0 Å². The Morgan fingerprint density at radius 1 is 1.20 bits per heavy atom. The number of carboxylic acid groups (broad SMARTS) is 1. The normalized spacial score (nSPS) is 12.2. The van der Waals surface area contributed by atoms with Crippen molar-refractivity contribution in [3.8, 4) is 17.2 Å². The molecule has 158 valence electrons. The van der Waals surface area contributed by atoms with Gasteiger partial charge in [-0.2, -0.15) is 0 Å². The number of aliphatic carboxylic acids is 1. The van der Waals surface area contributed by atoms with E-state index in [4.69, 9.17) is 9.15 Å². The molecule has 2 N–H and O–H groups in total. The van der Waals surface area contributed by atoms with Crippen molar-refractivity contribution < 1.29 is 42.1 Å². The number of halogens is 3. The van der Waals surface area contributed by atoms with Gasteiger partial charge in [-0.3, -0.25) is 0 Å². The molecule has 0 bridgehead atoms. The highest BCUT2D eigenvalue weighted by molar-refractivity contribution is 5.95. The number of furan rings is 1. The first-order chi connectivity index (χ1) is 14.2. The lowest BCUT2D eigenvalue weighted by atomic mass is 10.1. The molecule has 0 amide bonds. The number of fused-ring (bicyclic) bond motifs is 1. The lowest BCUT2D eigenvalue weighted by Crippen LogP contribution is -2.17. The van der Waals surface area contributed by atoms with Crippen LogP contribution < -0.4 is 9.47 Å². The maximum Gasteiger partial charge on any atom is 0.573 e. The molecule has 0 aliphatic rings. The number of carbonyl (C=O) groups is 1. The van der Waals surface area contributed by atoms with E-state index >= 15 is 0 Å². The molecule has 1 heterocycles. The summed E-state index contributed by atoms with van der Waals surface area (Å²) in [5.41, 5.74) is 1.12. The third-order valence-electron chi connectivity index (χ3n) is 4.22. The lowest BCUT2D eigenvalue weighted by Gasteiger charge is -2.13. The second-order valence-corrected chi connectivity index (χ2v) is 6.29. The van der Waals surface area contributed by atoms with E-state index in [2.05, 4.69) is 4.74 Å². The zero-order valence-corrected chi connectivity index (χ0v) is 15.7. The third-order valence-corrected chi connectivity index (χ3v) is 4.22. The Balaban J connectivity index is 1.90. The highest BCUT2D eigenvalue weighted by atomic mass is 19.4. The van der Waals surface area contributed by atoms with Crippen LogP contribution in [0.4, 0.5) is 13.2 Å². The standard InChI is InChI=1S/C21H17F3O6/c1-2-13(20(26)27)9-15-10-14-7-8-28-18(14)17(25)19(15)29-11-12-3-5-16(6-4-12)30-21(22,23)24/h3-10,25H,2,11H2,1H3,(H,26,27). The summed E-state index contributed by atoms with van der Waals surface area (Å²) in [5, 5.41) is 20.4. The van der Waals surface area contributed by atoms with Gasteiger partial charge in [0.2, 0.25) is 5.75 Å². The topological polar surface area (TPSA) is 89.1 Å². The van der Waals surface area contributed by atoms with Gasteiger partial charge < -0.3 is 24.1 Å². The molecular formula is C21H17F3O6. The summed E-state index contributed by atoms with van der Waals surface area (Å²) in [7, 11) is 0. The van der Waals surface area contributed by atoms with Gasteiger partial charge >= 0.3 is 12.3 Å². The van der Waals surface area contributed by atoms with Crippen molar-refractivity contribution in [3.05, 3.63) is 59.4 Å². The number of ether oxygens (including phenoxy) is 2. The average molecular weight is 422 g/mol. The fraction of sp³-hybridized carbons (Fsp3) is 0.190. The van der Waals surface area contributed by atoms with Crippen LogP contribution in [0.25, 0.3) is 17.0 Å². The maximum atomic E-state index is 12.3. The summed E-state index contributed by atoms with van der Waals surface area (Å²) < 4.78 is 51.5. The van der Waals surface area contributed by atoms with E-state index in [9.17, 15) is 28.2 Å². The fourth-order valence-corrected chi connectivity index (χ4v) is 2.80. The maximum absolute atomic E-state index is 12.3. The molecule has 30 heavy (non-hydrogen) atoms. The van der Waals surface area contributed by atoms with E-state index in [0.717, 1.165) is 12.1 Å². The van der Waals surface area contributed by atoms with Crippen molar-refractivity contribution in [2.75, 3.05) is 0 Å². The molecule has 0 aliphatic heterocycles. The monoisotopic (exact) mass is 422 g/mol. The molecule has 0 radical (unpaired) electrons. The molecule has 0 fully saturated rings. The molecule has 6 nitrogen and oxygen atoms in total. The first-order valence-electron chi connectivity index (χ1n) is 8.82. The molecule has 9 heteroatoms. The molecule has 1 aromatic heterocycles. The molecule has 0 saturated carbocycles. The van der Waals surface area contributed by atoms with Gasteiger partial charge in [-0.25, -0.2) is 4.79 Å². The summed E-state index contributed by atoms with van der Waals surface area (Å²) in [6, 6.07) is 8.28. The Bertz CT molecular complexity index is 1080. The molecule has 0 saturated heterocycles. The van der Waals surface area contributed by atoms with Gasteiger partial charge in [0.25, 0.3) is 0 Å². The Morgan fingerprint density at radius 2 is 1.90 bits per heavy atom. The number of aromatic hydroxyl groups is 1. The van der Waals surface area contributed by atoms with Gasteiger partial charge in [0, 0.05) is 16.5 Å². The van der Waals surface area contributed by atoms with Gasteiger partial charge in [-0.05, 0) is 42.3 Å². The fourth-order valence-electron chi connectivity index (χ4n) is 2.80. The highest BCUT2D eigenvalue weighted by Crippen LogP contribution is 2.40. The average Bonchev–Trinajstić information content (AvgIpc) is 3.14. The van der Waals surface area contributed by atoms with Crippen molar-refractivity contribution in [1.29, 1.82) is 0 Å². The van der Waals surface area contributed by atoms with Crippen LogP contribution >= 0.6 is 0 Å². The number of rotatable bonds is 7. The van der Waals surface area contributed by atoms with Crippen molar-refractivity contribution in [2.45, 2.75) is 26.3 Å². The SMILES string of the molecule is CCC(=Cc1cc2ccoc2c(O)c1OCc1ccc(OC(F)(F)F)cc1)C(=O)O. The number of phenolic OH excluding ortho intramolecular Hbond substituents is 1. The predicted molar refractivity (Wildman–Crippen MR) is 101 cm³/mol. The van der Waals surface area contributed by atoms with E-state index in [1.807, 2.05) is 0 Å². The number of hydrogen-bond acceptors (Lipinski definition) is 5. The number of carboxylic acids is 1. The quantitative estimate of drug-likeness (QED) is 0.489. The molecule has 3 rings (SSSR count). The number of phenols is 1. The second-order valence-electron chi connectivity index (χ2n) is 6.29. The Morgan fingerprint density at radius 3 is 2.50 bits per heavy atom. The second kappa shape index (κ2) is 8.40. The largest absolute Gasteiger partial charge is 0.573 e. The van der Waals surface area contributed by atoms with Crippen molar-refractivity contribution in [2.24, 2.45) is 0 Å². The molecule has 2 aromatic carbocycles. The molecule has 0 unspecified atom stereocenters. The molecule has 0 aliphatic carbocycles. The van der Waals surface area contributed by atoms with Crippen LogP contribution in [0.1, 0.15) is 24.5 Å². The minimum absolute atomic E-state index is 0.000248. The van der Waals surface area contributed by atoms with E-state index in [0.29, 0.717) is 16.5 Å². The van der Waals surface area contributed by atoms with Gasteiger partial charge in [0.1, 0.15) is 12.4 Å². The zero-order valence-electron chi connectivity index (χ0n) is 15.7. The van der Waals surface area contributed by atoms with Crippen LogP contribution in [0.5, 0.6) is 17.2 Å². The van der Waals surface area contributed by atoms with Crippen LogP contribution in [-0.4, -0.2) is 22.5 Å². The molecular weight excluding hydrogens is 405 g/mol. The summed E-state index contributed by atoms with van der Waals surface area (Å²) in [4.78, 5) is 11.4. The van der Waals surface area contributed by atoms with Crippen LogP contribution in [-0.2, 0) is 11.4 Å². The summed E-state index contributed by atoms with van der Waals surface area (Å²) in [6.45, 7) is 1.59. The van der Waals surface area contributed by atoms with Crippen LogP contribution in [0.15, 0.2) is 52.7 Å². The Hall–Kier alpha value is -3.62. The van der Waals surface area contributed by atoms with E-state index in [1.54, 1.807) is 19.1 Å². The van der Waals surface area contributed by atoms with Crippen molar-refractivity contribution >= 4 is 23.0 Å². The van der Waals surface area contributed by atoms with Gasteiger partial charge in [-0.1, -0.05) is 19.1 Å². The van der Waals surface area contributed by atoms with Gasteiger partial charge in [-0.15, -0.1) is 13.2 Å². The first kappa shape index (κ1) is 21.1. The van der Waals surface area contributed by atoms with Gasteiger partial charge in [0.15, 0.2) is 11.3 Å². The molecule has 0 spiro atoms. The number of alkyl halides is 3. The highest BCUT2D eigenvalue weighted by Gasteiger charge is 2.31. The Labute approximate surface area is 168 Å². The number of hydrogen-bond donors (Lipinski definition) is 2. The van der Waals surface area contributed by atoms with Crippen LogP contribution in [0, 0.1) is 0 Å². The Kier molecular flexibility index (Phi) is 5.91. The predicted octanol–water partition coefficient (Wildman–Crippen LogP) is 5.49. The lowest BCUT2D eigenvalue weighted by molar-refractivity contribution is -0.274. The molecule has 0 atom stereocenters. The zero-order chi connectivity index (χ0) is 21.9. The minimum atomic E-state index is -4.79. The smallest absolute Gasteiger partial charge is 0.502 e. The van der Waals surface area contributed by atoms with Crippen LogP contribution in [0.3, 0.4) is 0 Å². The van der Waals surface area contributed by atoms with Crippen LogP contribution in [0.2, 0.25) is 0 Å². The number of benzene rings is 2. The van der Waals surface area contributed by atoms with E-state index in [1.165, 1.54) is 24.5 Å². The summed E-state index contributed by atoms with van der Waals surface area (Å²) in [5.74, 6) is -1.78. The molecule has 3 aromatic rings.